The van der Waals surface area contributed by atoms with Crippen LogP contribution in [-0.4, -0.2) is 21.4 Å². The number of ketones is 1. The Morgan fingerprint density at radius 1 is 1.64 bits per heavy atom. The molecule has 4 heteroatoms. The van der Waals surface area contributed by atoms with Crippen LogP contribution in [0, 0.1) is 0 Å². The summed E-state index contributed by atoms with van der Waals surface area (Å²) in [5.74, 6) is 0.558. The van der Waals surface area contributed by atoms with E-state index in [9.17, 15) is 4.79 Å². The van der Waals surface area contributed by atoms with Crippen molar-refractivity contribution in [2.24, 2.45) is 5.73 Å². The van der Waals surface area contributed by atoms with Crippen molar-refractivity contribution in [1.29, 1.82) is 0 Å². The van der Waals surface area contributed by atoms with Gasteiger partial charge in [0.25, 0.3) is 0 Å². The minimum absolute atomic E-state index is 0.0335. The van der Waals surface area contributed by atoms with Crippen LogP contribution in [0.3, 0.4) is 0 Å². The van der Waals surface area contributed by atoms with Crippen molar-refractivity contribution in [1.82, 2.24) is 9.55 Å². The second-order valence-corrected chi connectivity index (χ2v) is 3.33. The number of carbonyl (C=O) groups is 1. The zero-order valence-corrected chi connectivity index (χ0v) is 8.73. The van der Waals surface area contributed by atoms with Crippen LogP contribution >= 0.6 is 0 Å². The van der Waals surface area contributed by atoms with Gasteiger partial charge in [0.05, 0.1) is 0 Å². The van der Waals surface area contributed by atoms with Gasteiger partial charge in [-0.25, -0.2) is 4.98 Å². The van der Waals surface area contributed by atoms with E-state index in [4.69, 9.17) is 5.73 Å². The number of aryl methyl sites for hydroxylation is 1. The van der Waals surface area contributed by atoms with Gasteiger partial charge in [0.1, 0.15) is 0 Å². The zero-order valence-electron chi connectivity index (χ0n) is 8.73. The lowest BCUT2D eigenvalue weighted by Gasteiger charge is -2.07. The maximum atomic E-state index is 11.7. The molecule has 1 unspecified atom stereocenters. The molecule has 1 atom stereocenters. The number of hydrogen-bond acceptors (Lipinski definition) is 3. The van der Waals surface area contributed by atoms with Gasteiger partial charge in [-0.2, -0.15) is 0 Å². The number of aromatic nitrogens is 2. The van der Waals surface area contributed by atoms with Crippen LogP contribution in [-0.2, 0) is 6.54 Å². The standard InChI is InChI=1S/C10H17N3O/c1-3-8(11)7-9(14)10-12-5-6-13(10)4-2/h5-6,8H,3-4,7,11H2,1-2H3. The average molecular weight is 195 g/mol. The Balaban J connectivity index is 2.69. The Morgan fingerprint density at radius 3 is 2.93 bits per heavy atom. The maximum absolute atomic E-state index is 11.7. The summed E-state index contributed by atoms with van der Waals surface area (Å²) in [4.78, 5) is 15.7. The molecule has 78 valence electrons. The lowest BCUT2D eigenvalue weighted by atomic mass is 10.1. The minimum atomic E-state index is -0.0514. The molecule has 0 saturated heterocycles. The summed E-state index contributed by atoms with van der Waals surface area (Å²) in [5, 5.41) is 0. The fourth-order valence-electron chi connectivity index (χ4n) is 1.29. The Hall–Kier alpha value is -1.16. The second kappa shape index (κ2) is 4.91. The van der Waals surface area contributed by atoms with Crippen LogP contribution in [0.1, 0.15) is 37.3 Å². The van der Waals surface area contributed by atoms with Gasteiger partial charge >= 0.3 is 0 Å². The molecule has 0 bridgehead atoms. The molecule has 0 spiro atoms. The lowest BCUT2D eigenvalue weighted by molar-refractivity contribution is 0.0959. The minimum Gasteiger partial charge on any atom is -0.329 e. The first-order valence-electron chi connectivity index (χ1n) is 4.98. The zero-order chi connectivity index (χ0) is 10.6. The van der Waals surface area contributed by atoms with Crippen molar-refractivity contribution in [2.75, 3.05) is 0 Å². The average Bonchev–Trinajstić information content (AvgIpc) is 2.65. The largest absolute Gasteiger partial charge is 0.329 e. The maximum Gasteiger partial charge on any atom is 0.199 e. The summed E-state index contributed by atoms with van der Waals surface area (Å²) >= 11 is 0. The Kier molecular flexibility index (Phi) is 3.83. The summed E-state index contributed by atoms with van der Waals surface area (Å²) in [6.45, 7) is 4.73. The molecule has 0 amide bonds. The van der Waals surface area contributed by atoms with E-state index < -0.39 is 0 Å². The topological polar surface area (TPSA) is 60.9 Å². The lowest BCUT2D eigenvalue weighted by Crippen LogP contribution is -2.24. The fourth-order valence-corrected chi connectivity index (χ4v) is 1.29. The van der Waals surface area contributed by atoms with Crippen molar-refractivity contribution in [3.63, 3.8) is 0 Å². The molecule has 14 heavy (non-hydrogen) atoms. The number of rotatable bonds is 5. The summed E-state index contributed by atoms with van der Waals surface area (Å²) in [7, 11) is 0. The summed E-state index contributed by atoms with van der Waals surface area (Å²) in [6.07, 6.45) is 4.66. The Bertz CT molecular complexity index is 306. The van der Waals surface area contributed by atoms with Crippen LogP contribution < -0.4 is 5.73 Å². The van der Waals surface area contributed by atoms with Crippen molar-refractivity contribution in [2.45, 2.75) is 39.3 Å². The highest BCUT2D eigenvalue weighted by Gasteiger charge is 2.14. The highest BCUT2D eigenvalue weighted by atomic mass is 16.1. The molecule has 1 rings (SSSR count). The number of nitrogens with two attached hydrogens (primary N) is 1. The molecule has 0 aliphatic rings. The number of Topliss-reactive ketones (excluding diaryl/α,β-unsaturated/α-hetero) is 1. The molecule has 0 aliphatic heterocycles. The molecule has 0 fully saturated rings. The molecule has 2 N–H and O–H groups in total. The molecule has 0 aromatic carbocycles. The molecule has 0 saturated carbocycles. The van der Waals surface area contributed by atoms with Crippen molar-refractivity contribution < 1.29 is 4.79 Å². The van der Waals surface area contributed by atoms with E-state index in [0.29, 0.717) is 12.2 Å². The van der Waals surface area contributed by atoms with Gasteiger partial charge in [0.15, 0.2) is 11.6 Å². The van der Waals surface area contributed by atoms with E-state index in [1.54, 1.807) is 6.20 Å². The van der Waals surface area contributed by atoms with Crippen LogP contribution in [0.25, 0.3) is 0 Å². The van der Waals surface area contributed by atoms with Crippen molar-refractivity contribution >= 4 is 5.78 Å². The first kappa shape index (κ1) is 10.9. The monoisotopic (exact) mass is 195 g/mol. The number of carbonyl (C=O) groups excluding carboxylic acids is 1. The third-order valence-electron chi connectivity index (χ3n) is 2.28. The first-order chi connectivity index (χ1) is 6.69. The first-order valence-corrected chi connectivity index (χ1v) is 4.98. The normalized spacial score (nSPS) is 12.8. The van der Waals surface area contributed by atoms with Gasteiger partial charge in [-0.15, -0.1) is 0 Å². The fraction of sp³-hybridized carbons (Fsp3) is 0.600. The van der Waals surface area contributed by atoms with E-state index in [1.807, 2.05) is 24.6 Å². The van der Waals surface area contributed by atoms with Gasteiger partial charge in [0.2, 0.25) is 0 Å². The van der Waals surface area contributed by atoms with Gasteiger partial charge in [-0.3, -0.25) is 4.79 Å². The molecule has 0 aliphatic carbocycles. The van der Waals surface area contributed by atoms with Gasteiger partial charge in [-0.05, 0) is 13.3 Å². The van der Waals surface area contributed by atoms with Gasteiger partial charge in [0, 0.05) is 31.4 Å². The van der Waals surface area contributed by atoms with E-state index in [2.05, 4.69) is 4.98 Å². The van der Waals surface area contributed by atoms with Crippen LogP contribution in [0.15, 0.2) is 12.4 Å². The highest BCUT2D eigenvalue weighted by Crippen LogP contribution is 2.04. The predicted molar refractivity (Wildman–Crippen MR) is 55.1 cm³/mol. The van der Waals surface area contributed by atoms with Crippen LogP contribution in [0.2, 0.25) is 0 Å². The van der Waals surface area contributed by atoms with E-state index >= 15 is 0 Å². The smallest absolute Gasteiger partial charge is 0.199 e. The van der Waals surface area contributed by atoms with E-state index in [0.717, 1.165) is 13.0 Å². The molecular formula is C10H17N3O. The molecule has 1 heterocycles. The van der Waals surface area contributed by atoms with Gasteiger partial charge in [-0.1, -0.05) is 6.92 Å². The molecule has 1 aromatic rings. The quantitative estimate of drug-likeness (QED) is 0.718. The summed E-state index contributed by atoms with van der Waals surface area (Å²) in [6, 6.07) is -0.0514. The Labute approximate surface area is 84.1 Å². The number of imidazole rings is 1. The predicted octanol–water partition coefficient (Wildman–Crippen LogP) is 1.21. The molecule has 0 radical (unpaired) electrons. The van der Waals surface area contributed by atoms with Gasteiger partial charge < -0.3 is 10.3 Å². The van der Waals surface area contributed by atoms with E-state index in [-0.39, 0.29) is 11.8 Å². The number of nitrogens with zero attached hydrogens (tertiary/aromatic N) is 2. The Morgan fingerprint density at radius 2 is 2.36 bits per heavy atom. The van der Waals surface area contributed by atoms with Crippen LogP contribution in [0.4, 0.5) is 0 Å². The summed E-state index contributed by atoms with van der Waals surface area (Å²) < 4.78 is 1.84. The van der Waals surface area contributed by atoms with Crippen molar-refractivity contribution in [3.05, 3.63) is 18.2 Å². The van der Waals surface area contributed by atoms with E-state index in [1.165, 1.54) is 0 Å². The second-order valence-electron chi connectivity index (χ2n) is 3.33. The highest BCUT2D eigenvalue weighted by molar-refractivity contribution is 5.93. The molecule has 4 nitrogen and oxygen atoms in total. The molecule has 1 aromatic heterocycles. The van der Waals surface area contributed by atoms with Crippen molar-refractivity contribution in [3.8, 4) is 0 Å². The third-order valence-corrected chi connectivity index (χ3v) is 2.28. The van der Waals surface area contributed by atoms with Crippen LogP contribution in [0.5, 0.6) is 0 Å². The summed E-state index contributed by atoms with van der Waals surface area (Å²) in [5.41, 5.74) is 5.71. The molecular weight excluding hydrogens is 178 g/mol. The third kappa shape index (κ3) is 2.42. The number of hydrogen-bond donors (Lipinski definition) is 1. The SMILES string of the molecule is CCC(N)CC(=O)c1nccn1CC.